The highest BCUT2D eigenvalue weighted by molar-refractivity contribution is 7.88. The normalized spacial score (nSPS) is 19.2. The van der Waals surface area contributed by atoms with Gasteiger partial charge in [0.25, 0.3) is 5.91 Å². The summed E-state index contributed by atoms with van der Waals surface area (Å²) in [4.78, 5) is 27.9. The molecule has 0 radical (unpaired) electrons. The van der Waals surface area contributed by atoms with Crippen LogP contribution in [0.2, 0.25) is 0 Å². The van der Waals surface area contributed by atoms with Crippen molar-refractivity contribution in [1.82, 2.24) is 14.5 Å². The van der Waals surface area contributed by atoms with Crippen LogP contribution in [0.3, 0.4) is 0 Å². The quantitative estimate of drug-likeness (QED) is 0.830. The molecule has 0 spiro atoms. The molecule has 1 aromatic carbocycles. The van der Waals surface area contributed by atoms with Gasteiger partial charge >= 0.3 is 6.03 Å². The summed E-state index contributed by atoms with van der Waals surface area (Å²) < 4.78 is 24.5. The number of benzene rings is 1. The second-order valence-corrected chi connectivity index (χ2v) is 8.32. The molecule has 25 heavy (non-hydrogen) atoms. The first kappa shape index (κ1) is 17.7. The van der Waals surface area contributed by atoms with Crippen LogP contribution in [0.15, 0.2) is 18.2 Å². The van der Waals surface area contributed by atoms with Gasteiger partial charge in [-0.15, -0.1) is 0 Å². The van der Waals surface area contributed by atoms with Crippen molar-refractivity contribution in [3.63, 3.8) is 0 Å². The molecular weight excluding hydrogens is 344 g/mol. The van der Waals surface area contributed by atoms with Crippen LogP contribution in [0.4, 0.5) is 10.5 Å². The molecular formula is C16H22N4O4S. The number of amides is 3. The maximum Gasteiger partial charge on any atom is 0.322 e. The summed E-state index contributed by atoms with van der Waals surface area (Å²) in [5.74, 6) is -0.144. The van der Waals surface area contributed by atoms with E-state index >= 15 is 0 Å². The highest BCUT2D eigenvalue weighted by Gasteiger charge is 2.28. The molecule has 0 saturated carbocycles. The van der Waals surface area contributed by atoms with Crippen molar-refractivity contribution in [2.45, 2.75) is 6.92 Å². The Bertz CT molecular complexity index is 800. The van der Waals surface area contributed by atoms with Gasteiger partial charge in [0.2, 0.25) is 10.0 Å². The highest BCUT2D eigenvalue weighted by atomic mass is 32.2. The molecule has 0 bridgehead atoms. The first-order valence-corrected chi connectivity index (χ1v) is 10.0. The number of rotatable bonds is 3. The minimum Gasteiger partial charge on any atom is -0.336 e. The molecule has 2 aliphatic rings. The summed E-state index contributed by atoms with van der Waals surface area (Å²) in [6.45, 7) is 4.39. The Balaban J connectivity index is 1.76. The van der Waals surface area contributed by atoms with Crippen LogP contribution < -0.4 is 10.2 Å². The standard InChI is InChI=1S/C16H22N4O4S/c1-12-3-4-13(11-14(12)20-6-5-17-16(20)22)15(21)18-7-9-19(10-8-18)25(2,23)24/h3-4,11H,5-10H2,1-2H3,(H,17,22). The van der Waals surface area contributed by atoms with E-state index in [1.807, 2.05) is 13.0 Å². The molecule has 2 heterocycles. The molecule has 3 amide bonds. The smallest absolute Gasteiger partial charge is 0.322 e. The maximum atomic E-state index is 12.8. The Kier molecular flexibility index (Phi) is 4.70. The highest BCUT2D eigenvalue weighted by Crippen LogP contribution is 2.24. The van der Waals surface area contributed by atoms with Gasteiger partial charge in [-0.1, -0.05) is 6.07 Å². The number of nitrogens with zero attached hydrogens (tertiary/aromatic N) is 3. The third kappa shape index (κ3) is 3.62. The van der Waals surface area contributed by atoms with Gasteiger partial charge in [-0.25, -0.2) is 13.2 Å². The van der Waals surface area contributed by atoms with Crippen molar-refractivity contribution >= 4 is 27.6 Å². The molecule has 9 heteroatoms. The molecule has 0 unspecified atom stereocenters. The number of urea groups is 1. The largest absolute Gasteiger partial charge is 0.336 e. The van der Waals surface area contributed by atoms with Crippen LogP contribution in [0.25, 0.3) is 0 Å². The number of sulfonamides is 1. The number of aryl methyl sites for hydroxylation is 1. The van der Waals surface area contributed by atoms with Gasteiger partial charge in [0.1, 0.15) is 0 Å². The Morgan fingerprint density at radius 3 is 2.36 bits per heavy atom. The van der Waals surface area contributed by atoms with Crippen LogP contribution in [-0.4, -0.2) is 75.1 Å². The third-order valence-corrected chi connectivity index (χ3v) is 5.90. The number of carbonyl (C=O) groups excluding carboxylic acids is 2. The van der Waals surface area contributed by atoms with Gasteiger partial charge in [-0.05, 0) is 24.6 Å². The maximum absolute atomic E-state index is 12.8. The second kappa shape index (κ2) is 6.64. The van der Waals surface area contributed by atoms with Crippen molar-refractivity contribution in [1.29, 1.82) is 0 Å². The van der Waals surface area contributed by atoms with Gasteiger partial charge in [0.05, 0.1) is 6.26 Å². The zero-order valence-corrected chi connectivity index (χ0v) is 15.2. The zero-order valence-electron chi connectivity index (χ0n) is 14.4. The fourth-order valence-electron chi connectivity index (χ4n) is 3.14. The Hall–Kier alpha value is -2.13. The predicted octanol–water partition coefficient (Wildman–Crippen LogP) is 0.242. The molecule has 0 aliphatic carbocycles. The number of nitrogens with one attached hydrogen (secondary N) is 1. The topological polar surface area (TPSA) is 90.0 Å². The van der Waals surface area contributed by atoms with Crippen LogP contribution in [0.5, 0.6) is 0 Å². The van der Waals surface area contributed by atoms with Crippen molar-refractivity contribution in [3.8, 4) is 0 Å². The summed E-state index contributed by atoms with van der Waals surface area (Å²) >= 11 is 0. The molecule has 8 nitrogen and oxygen atoms in total. The van der Waals surface area contributed by atoms with E-state index in [1.54, 1.807) is 21.9 Å². The first-order chi connectivity index (χ1) is 11.8. The van der Waals surface area contributed by atoms with Gasteiger partial charge in [-0.3, -0.25) is 9.69 Å². The average Bonchev–Trinajstić information content (AvgIpc) is 3.00. The van der Waals surface area contributed by atoms with Crippen molar-refractivity contribution < 1.29 is 18.0 Å². The zero-order chi connectivity index (χ0) is 18.2. The average molecular weight is 366 g/mol. The summed E-state index contributed by atoms with van der Waals surface area (Å²) in [5.41, 5.74) is 2.17. The van der Waals surface area contributed by atoms with Gasteiger partial charge < -0.3 is 10.2 Å². The van der Waals surface area contributed by atoms with Crippen LogP contribution in [-0.2, 0) is 10.0 Å². The van der Waals surface area contributed by atoms with E-state index in [2.05, 4.69) is 5.32 Å². The van der Waals surface area contributed by atoms with Crippen LogP contribution in [0, 0.1) is 6.92 Å². The Morgan fingerprint density at radius 1 is 1.12 bits per heavy atom. The van der Waals surface area contributed by atoms with Crippen LogP contribution >= 0.6 is 0 Å². The van der Waals surface area contributed by atoms with E-state index < -0.39 is 10.0 Å². The third-order valence-electron chi connectivity index (χ3n) is 4.60. The molecule has 136 valence electrons. The van der Waals surface area contributed by atoms with E-state index in [4.69, 9.17) is 0 Å². The molecule has 2 aliphatic heterocycles. The molecule has 0 aromatic heterocycles. The minimum atomic E-state index is -3.22. The van der Waals surface area contributed by atoms with Gasteiger partial charge in [-0.2, -0.15) is 4.31 Å². The van der Waals surface area contributed by atoms with E-state index in [1.165, 1.54) is 10.6 Å². The van der Waals surface area contributed by atoms with E-state index in [9.17, 15) is 18.0 Å². The fourth-order valence-corrected chi connectivity index (χ4v) is 3.97. The molecule has 2 saturated heterocycles. The van der Waals surface area contributed by atoms with Crippen molar-refractivity contribution in [3.05, 3.63) is 29.3 Å². The van der Waals surface area contributed by atoms with E-state index in [0.717, 1.165) is 11.3 Å². The number of carbonyl (C=O) groups is 2. The first-order valence-electron chi connectivity index (χ1n) is 8.18. The summed E-state index contributed by atoms with van der Waals surface area (Å²) in [6.07, 6.45) is 1.18. The molecule has 1 N–H and O–H groups in total. The number of hydrogen-bond acceptors (Lipinski definition) is 4. The lowest BCUT2D eigenvalue weighted by atomic mass is 10.1. The molecule has 3 rings (SSSR count). The van der Waals surface area contributed by atoms with Crippen LogP contribution in [0.1, 0.15) is 15.9 Å². The monoisotopic (exact) mass is 366 g/mol. The summed E-state index contributed by atoms with van der Waals surface area (Å²) in [6, 6.07) is 5.17. The summed E-state index contributed by atoms with van der Waals surface area (Å²) in [5, 5.41) is 2.76. The van der Waals surface area contributed by atoms with Gasteiger partial charge in [0, 0.05) is 50.5 Å². The number of piperazine rings is 1. The lowest BCUT2D eigenvalue weighted by molar-refractivity contribution is 0.0698. The molecule has 0 atom stereocenters. The Labute approximate surface area is 147 Å². The minimum absolute atomic E-state index is 0.144. The summed E-state index contributed by atoms with van der Waals surface area (Å²) in [7, 11) is -3.22. The fraction of sp³-hybridized carbons (Fsp3) is 0.500. The van der Waals surface area contributed by atoms with E-state index in [-0.39, 0.29) is 11.9 Å². The lowest BCUT2D eigenvalue weighted by Gasteiger charge is -2.33. The van der Waals surface area contributed by atoms with E-state index in [0.29, 0.717) is 44.8 Å². The number of hydrogen-bond donors (Lipinski definition) is 1. The molecule has 2 fully saturated rings. The number of anilines is 1. The predicted molar refractivity (Wildman–Crippen MR) is 94.2 cm³/mol. The SMILES string of the molecule is Cc1ccc(C(=O)N2CCN(S(C)(=O)=O)CC2)cc1N1CCNC1=O. The Morgan fingerprint density at radius 2 is 1.80 bits per heavy atom. The van der Waals surface area contributed by atoms with Gasteiger partial charge in [0.15, 0.2) is 0 Å². The lowest BCUT2D eigenvalue weighted by Crippen LogP contribution is -2.50. The second-order valence-electron chi connectivity index (χ2n) is 6.34. The van der Waals surface area contributed by atoms with Crippen molar-refractivity contribution in [2.24, 2.45) is 0 Å². The molecule has 1 aromatic rings. The van der Waals surface area contributed by atoms with Crippen molar-refractivity contribution in [2.75, 3.05) is 50.4 Å².